The number of hydrogen-bond acceptors (Lipinski definition) is 3. The Morgan fingerprint density at radius 3 is 2.67 bits per heavy atom. The van der Waals surface area contributed by atoms with Gasteiger partial charge in [0, 0.05) is 25.2 Å². The molecule has 0 saturated carbocycles. The second-order valence-electron chi connectivity index (χ2n) is 7.08. The quantitative estimate of drug-likeness (QED) is 0.823. The summed E-state index contributed by atoms with van der Waals surface area (Å²) in [5.74, 6) is 2.56. The average Bonchev–Trinajstić information content (AvgIpc) is 2.99. The fourth-order valence-corrected chi connectivity index (χ4v) is 4.58. The molecule has 4 atom stereocenters. The molecule has 0 radical (unpaired) electrons. The van der Waals surface area contributed by atoms with Gasteiger partial charge < -0.3 is 10.6 Å². The third-order valence-corrected chi connectivity index (χ3v) is 6.04. The van der Waals surface area contributed by atoms with Crippen LogP contribution in [0.2, 0.25) is 0 Å². The number of likely N-dealkylation sites (tertiary alicyclic amines) is 1. The predicted molar refractivity (Wildman–Crippen MR) is 75.5 cm³/mol. The maximum absolute atomic E-state index is 6.26. The fraction of sp³-hybridized carbons (Fsp3) is 1.00. The molecule has 3 aliphatic rings. The van der Waals surface area contributed by atoms with Crippen LogP contribution in [0.4, 0.5) is 0 Å². The summed E-state index contributed by atoms with van der Waals surface area (Å²) >= 11 is 0. The summed E-state index contributed by atoms with van der Waals surface area (Å²) in [6.45, 7) is 12.1. The minimum Gasteiger partial charge on any atom is -0.329 e. The standard InChI is InChI=1S/C15H29N3/c1-12(2)13-3-7-18(9-13)15(11-16)5-8-17-6-4-14(15)10-17/h12-14H,3-11,16H2,1-2H3. The van der Waals surface area contributed by atoms with Crippen molar-refractivity contribution in [2.45, 2.75) is 38.6 Å². The highest BCUT2D eigenvalue weighted by atomic mass is 15.3. The Morgan fingerprint density at radius 1 is 1.17 bits per heavy atom. The number of piperidine rings is 1. The van der Waals surface area contributed by atoms with Crippen molar-refractivity contribution in [1.82, 2.24) is 9.80 Å². The van der Waals surface area contributed by atoms with Crippen LogP contribution in [0.15, 0.2) is 0 Å². The first-order valence-corrected chi connectivity index (χ1v) is 7.83. The van der Waals surface area contributed by atoms with Crippen LogP contribution in [0.3, 0.4) is 0 Å². The minimum atomic E-state index is 0.344. The van der Waals surface area contributed by atoms with Crippen molar-refractivity contribution in [1.29, 1.82) is 0 Å². The van der Waals surface area contributed by atoms with E-state index in [-0.39, 0.29) is 0 Å². The van der Waals surface area contributed by atoms with Gasteiger partial charge >= 0.3 is 0 Å². The van der Waals surface area contributed by atoms with E-state index in [0.29, 0.717) is 5.54 Å². The molecule has 3 aliphatic heterocycles. The Kier molecular flexibility index (Phi) is 3.41. The summed E-state index contributed by atoms with van der Waals surface area (Å²) in [6.07, 6.45) is 4.06. The van der Waals surface area contributed by atoms with Gasteiger partial charge in [0.05, 0.1) is 0 Å². The Balaban J connectivity index is 1.76. The van der Waals surface area contributed by atoms with Gasteiger partial charge in [0.1, 0.15) is 0 Å². The van der Waals surface area contributed by atoms with Crippen LogP contribution in [0.5, 0.6) is 0 Å². The molecule has 3 heterocycles. The highest BCUT2D eigenvalue weighted by Crippen LogP contribution is 2.42. The molecule has 104 valence electrons. The summed E-state index contributed by atoms with van der Waals surface area (Å²) < 4.78 is 0. The molecule has 2 bridgehead atoms. The molecule has 0 aromatic rings. The molecule has 0 aromatic heterocycles. The van der Waals surface area contributed by atoms with Crippen LogP contribution in [-0.4, -0.2) is 54.6 Å². The van der Waals surface area contributed by atoms with Crippen LogP contribution in [-0.2, 0) is 0 Å². The van der Waals surface area contributed by atoms with Crippen LogP contribution >= 0.6 is 0 Å². The highest BCUT2D eigenvalue weighted by molar-refractivity contribution is 5.06. The van der Waals surface area contributed by atoms with Gasteiger partial charge in [-0.25, -0.2) is 0 Å². The molecule has 3 heteroatoms. The first-order valence-electron chi connectivity index (χ1n) is 7.83. The fourth-order valence-electron chi connectivity index (χ4n) is 4.58. The highest BCUT2D eigenvalue weighted by Gasteiger charge is 2.50. The third-order valence-electron chi connectivity index (χ3n) is 6.04. The topological polar surface area (TPSA) is 32.5 Å². The van der Waals surface area contributed by atoms with Crippen LogP contribution in [0.25, 0.3) is 0 Å². The zero-order valence-electron chi connectivity index (χ0n) is 12.1. The maximum Gasteiger partial charge on any atom is 0.0384 e. The molecule has 2 N–H and O–H groups in total. The summed E-state index contributed by atoms with van der Waals surface area (Å²) in [5.41, 5.74) is 6.61. The summed E-state index contributed by atoms with van der Waals surface area (Å²) in [5, 5.41) is 0. The van der Waals surface area contributed by atoms with Gasteiger partial charge in [-0.1, -0.05) is 13.8 Å². The SMILES string of the molecule is CC(C)C1CCN(C2(CN)CCN3CCC2C3)C1. The minimum absolute atomic E-state index is 0.344. The van der Waals surface area contributed by atoms with Gasteiger partial charge in [0.15, 0.2) is 0 Å². The second-order valence-corrected chi connectivity index (χ2v) is 7.08. The number of nitrogens with two attached hydrogens (primary N) is 1. The van der Waals surface area contributed by atoms with Crippen molar-refractivity contribution >= 4 is 0 Å². The number of rotatable bonds is 3. The van der Waals surface area contributed by atoms with E-state index in [4.69, 9.17) is 5.73 Å². The Morgan fingerprint density at radius 2 is 2.00 bits per heavy atom. The maximum atomic E-state index is 6.26. The van der Waals surface area contributed by atoms with Crippen LogP contribution < -0.4 is 5.73 Å². The molecule has 0 aliphatic carbocycles. The lowest BCUT2D eigenvalue weighted by atomic mass is 9.77. The van der Waals surface area contributed by atoms with Crippen molar-refractivity contribution < 1.29 is 0 Å². The van der Waals surface area contributed by atoms with Crippen molar-refractivity contribution in [2.75, 3.05) is 39.3 Å². The zero-order chi connectivity index (χ0) is 12.8. The predicted octanol–water partition coefficient (Wildman–Crippen LogP) is 1.39. The average molecular weight is 251 g/mol. The number of fused-ring (bicyclic) bond motifs is 2. The van der Waals surface area contributed by atoms with E-state index in [1.165, 1.54) is 52.0 Å². The van der Waals surface area contributed by atoms with Gasteiger partial charge in [0.25, 0.3) is 0 Å². The number of hydrogen-bond donors (Lipinski definition) is 1. The lowest BCUT2D eigenvalue weighted by molar-refractivity contribution is 0.0210. The molecule has 0 spiro atoms. The molecule has 3 nitrogen and oxygen atoms in total. The summed E-state index contributed by atoms with van der Waals surface area (Å²) in [7, 11) is 0. The Bertz CT molecular complexity index is 304. The van der Waals surface area contributed by atoms with E-state index in [1.807, 2.05) is 0 Å². The van der Waals surface area contributed by atoms with E-state index in [2.05, 4.69) is 23.6 Å². The molecular formula is C15H29N3. The van der Waals surface area contributed by atoms with Crippen LogP contribution in [0, 0.1) is 17.8 Å². The van der Waals surface area contributed by atoms with E-state index >= 15 is 0 Å². The largest absolute Gasteiger partial charge is 0.329 e. The van der Waals surface area contributed by atoms with E-state index < -0.39 is 0 Å². The van der Waals surface area contributed by atoms with Gasteiger partial charge in [-0.05, 0) is 56.7 Å². The Hall–Kier alpha value is -0.120. The first-order chi connectivity index (χ1) is 8.65. The van der Waals surface area contributed by atoms with Gasteiger partial charge in [-0.3, -0.25) is 4.90 Å². The monoisotopic (exact) mass is 251 g/mol. The van der Waals surface area contributed by atoms with Gasteiger partial charge in [-0.2, -0.15) is 0 Å². The van der Waals surface area contributed by atoms with Gasteiger partial charge in [-0.15, -0.1) is 0 Å². The van der Waals surface area contributed by atoms with Crippen molar-refractivity contribution in [3.63, 3.8) is 0 Å². The van der Waals surface area contributed by atoms with Crippen molar-refractivity contribution in [3.05, 3.63) is 0 Å². The molecule has 3 rings (SSSR count). The van der Waals surface area contributed by atoms with Crippen molar-refractivity contribution in [3.8, 4) is 0 Å². The van der Waals surface area contributed by atoms with Crippen LogP contribution in [0.1, 0.15) is 33.1 Å². The lowest BCUT2D eigenvalue weighted by Gasteiger charge is -2.49. The summed E-state index contributed by atoms with van der Waals surface area (Å²) in [4.78, 5) is 5.42. The summed E-state index contributed by atoms with van der Waals surface area (Å²) in [6, 6.07) is 0. The molecule has 3 fully saturated rings. The molecule has 4 unspecified atom stereocenters. The van der Waals surface area contributed by atoms with Gasteiger partial charge in [0.2, 0.25) is 0 Å². The van der Waals surface area contributed by atoms with Crippen molar-refractivity contribution in [2.24, 2.45) is 23.5 Å². The Labute approximate surface area is 112 Å². The zero-order valence-corrected chi connectivity index (χ0v) is 12.1. The lowest BCUT2D eigenvalue weighted by Crippen LogP contribution is -2.61. The van der Waals surface area contributed by atoms with E-state index in [9.17, 15) is 0 Å². The molecule has 3 saturated heterocycles. The van der Waals surface area contributed by atoms with E-state index in [0.717, 1.165) is 24.3 Å². The third kappa shape index (κ3) is 1.91. The second kappa shape index (κ2) is 4.77. The van der Waals surface area contributed by atoms with E-state index in [1.54, 1.807) is 0 Å². The normalized spacial score (nSPS) is 45.0. The first kappa shape index (κ1) is 12.9. The smallest absolute Gasteiger partial charge is 0.0384 e. The molecule has 0 amide bonds. The molecular weight excluding hydrogens is 222 g/mol. The molecule has 18 heavy (non-hydrogen) atoms. The number of nitrogens with zero attached hydrogens (tertiary/aromatic N) is 2. The molecule has 0 aromatic carbocycles.